The van der Waals surface area contributed by atoms with Gasteiger partial charge >= 0.3 is 0 Å². The molecule has 0 bridgehead atoms. The molecule has 4 nitrogen and oxygen atoms in total. The second-order valence-electron chi connectivity index (χ2n) is 13.7. The fraction of sp³-hybridized carbons (Fsp3) is 0. The lowest BCUT2D eigenvalue weighted by molar-refractivity contribution is 0.666. The lowest BCUT2D eigenvalue weighted by Crippen LogP contribution is -1.96. The highest BCUT2D eigenvalue weighted by atomic mass is 16.3. The molecule has 0 spiro atoms. The Kier molecular flexibility index (Phi) is 6.82. The Labute approximate surface area is 311 Å². The number of rotatable bonds is 5. The number of benzene rings is 8. The van der Waals surface area contributed by atoms with Gasteiger partial charge in [-0.3, -0.25) is 0 Å². The van der Waals surface area contributed by atoms with Gasteiger partial charge in [-0.15, -0.1) is 0 Å². The first-order chi connectivity index (χ1) is 26.8. The van der Waals surface area contributed by atoms with Crippen LogP contribution >= 0.6 is 0 Å². The van der Waals surface area contributed by atoms with E-state index in [4.69, 9.17) is 14.4 Å². The van der Waals surface area contributed by atoms with E-state index in [2.05, 4.69) is 162 Å². The Bertz CT molecular complexity index is 3100. The van der Waals surface area contributed by atoms with Crippen molar-refractivity contribution in [1.29, 1.82) is 0 Å². The SMILES string of the molecule is c1ccc(-c2ccc3c(c2)c2cc(-c4ccccc4)ccc2n3-c2cccc3c2oc2cccc(-c4nc(-c5ccccc5)c5ccccc5n4)c23)cc1. The minimum atomic E-state index is 0.671. The summed E-state index contributed by atoms with van der Waals surface area (Å²) >= 11 is 0. The number of furan rings is 1. The molecule has 11 aromatic rings. The van der Waals surface area contributed by atoms with Gasteiger partial charge in [0.2, 0.25) is 0 Å². The molecule has 0 aliphatic heterocycles. The molecule has 0 fully saturated rings. The quantitative estimate of drug-likeness (QED) is 0.181. The maximum Gasteiger partial charge on any atom is 0.161 e. The lowest BCUT2D eigenvalue weighted by Gasteiger charge is -2.10. The monoisotopic (exact) mass is 689 g/mol. The Balaban J connectivity index is 1.16. The molecule has 0 unspecified atom stereocenters. The first-order valence-corrected chi connectivity index (χ1v) is 18.2. The number of aromatic nitrogens is 3. The van der Waals surface area contributed by atoms with Gasteiger partial charge in [0.25, 0.3) is 0 Å². The van der Waals surface area contributed by atoms with Gasteiger partial charge in [-0.25, -0.2) is 9.97 Å². The summed E-state index contributed by atoms with van der Waals surface area (Å²) in [6.07, 6.45) is 0. The predicted molar refractivity (Wildman–Crippen MR) is 223 cm³/mol. The molecule has 11 rings (SSSR count). The van der Waals surface area contributed by atoms with Crippen molar-refractivity contribution in [2.24, 2.45) is 0 Å². The zero-order valence-electron chi connectivity index (χ0n) is 29.1. The van der Waals surface area contributed by atoms with Crippen molar-refractivity contribution in [2.75, 3.05) is 0 Å². The average molecular weight is 690 g/mol. The smallest absolute Gasteiger partial charge is 0.161 e. The van der Waals surface area contributed by atoms with Crippen molar-refractivity contribution in [1.82, 2.24) is 14.5 Å². The molecule has 0 aliphatic carbocycles. The molecule has 0 aliphatic rings. The van der Waals surface area contributed by atoms with Crippen LogP contribution in [0.3, 0.4) is 0 Å². The van der Waals surface area contributed by atoms with E-state index >= 15 is 0 Å². The Morgan fingerprint density at radius 2 is 0.981 bits per heavy atom. The van der Waals surface area contributed by atoms with E-state index in [1.165, 1.54) is 33.0 Å². The fourth-order valence-electron chi connectivity index (χ4n) is 8.11. The van der Waals surface area contributed by atoms with Crippen LogP contribution in [0.2, 0.25) is 0 Å². The minimum absolute atomic E-state index is 0.671. The van der Waals surface area contributed by atoms with Crippen LogP contribution in [0.15, 0.2) is 192 Å². The van der Waals surface area contributed by atoms with Gasteiger partial charge in [0.05, 0.1) is 27.9 Å². The van der Waals surface area contributed by atoms with E-state index in [9.17, 15) is 0 Å². The van der Waals surface area contributed by atoms with Gasteiger partial charge in [-0.1, -0.05) is 146 Å². The number of hydrogen-bond acceptors (Lipinski definition) is 3. The Morgan fingerprint density at radius 3 is 1.65 bits per heavy atom. The van der Waals surface area contributed by atoms with Gasteiger partial charge in [0, 0.05) is 38.1 Å². The molecule has 0 N–H and O–H groups in total. The highest BCUT2D eigenvalue weighted by molar-refractivity contribution is 6.16. The molecule has 0 radical (unpaired) electrons. The van der Waals surface area contributed by atoms with E-state index in [1.54, 1.807) is 0 Å². The van der Waals surface area contributed by atoms with Crippen LogP contribution in [0, 0.1) is 0 Å². The number of fused-ring (bicyclic) bond motifs is 7. The molecule has 252 valence electrons. The highest BCUT2D eigenvalue weighted by Gasteiger charge is 2.22. The number of hydrogen-bond donors (Lipinski definition) is 0. The molecule has 3 heterocycles. The van der Waals surface area contributed by atoms with Crippen LogP contribution in [-0.2, 0) is 0 Å². The van der Waals surface area contributed by atoms with Gasteiger partial charge < -0.3 is 8.98 Å². The van der Waals surface area contributed by atoms with Crippen molar-refractivity contribution in [3.8, 4) is 50.6 Å². The van der Waals surface area contributed by atoms with Crippen LogP contribution in [0.4, 0.5) is 0 Å². The largest absolute Gasteiger partial charge is 0.454 e. The molecule has 0 saturated heterocycles. The lowest BCUT2D eigenvalue weighted by atomic mass is 10.0. The maximum atomic E-state index is 6.88. The molecule has 3 aromatic heterocycles. The molecule has 54 heavy (non-hydrogen) atoms. The zero-order chi connectivity index (χ0) is 35.6. The van der Waals surface area contributed by atoms with Gasteiger partial charge in [-0.05, 0) is 64.7 Å². The summed E-state index contributed by atoms with van der Waals surface area (Å²) in [6.45, 7) is 0. The second-order valence-corrected chi connectivity index (χ2v) is 13.7. The van der Waals surface area contributed by atoms with Gasteiger partial charge in [0.1, 0.15) is 5.58 Å². The van der Waals surface area contributed by atoms with Crippen molar-refractivity contribution >= 4 is 54.6 Å². The highest BCUT2D eigenvalue weighted by Crippen LogP contribution is 2.43. The standard InChI is InChI=1S/C50H31N3O/c1-4-14-32(15-5-1)35-26-28-43-40(30-35)41-31-36(33-16-6-2-7-17-33)27-29-44(41)53(43)45-24-12-21-38-47-39(22-13-25-46(47)54-49(38)45)50-51-42-23-11-10-20-37(42)48(52-50)34-18-8-3-9-19-34/h1-31H. The molecular formula is C50H31N3O. The summed E-state index contributed by atoms with van der Waals surface area (Å²) < 4.78 is 9.24. The first-order valence-electron chi connectivity index (χ1n) is 18.2. The molecule has 8 aromatic carbocycles. The summed E-state index contributed by atoms with van der Waals surface area (Å²) in [6, 6.07) is 66.0. The molecule has 0 amide bonds. The van der Waals surface area contributed by atoms with Crippen molar-refractivity contribution < 1.29 is 4.42 Å². The molecule has 4 heteroatoms. The van der Waals surface area contributed by atoms with Crippen LogP contribution in [0.5, 0.6) is 0 Å². The minimum Gasteiger partial charge on any atom is -0.454 e. The van der Waals surface area contributed by atoms with E-state index in [0.29, 0.717) is 5.82 Å². The molecule has 0 atom stereocenters. The molecular weight excluding hydrogens is 659 g/mol. The van der Waals surface area contributed by atoms with Crippen molar-refractivity contribution in [3.05, 3.63) is 188 Å². The van der Waals surface area contributed by atoms with Crippen molar-refractivity contribution in [3.63, 3.8) is 0 Å². The normalized spacial score (nSPS) is 11.7. The molecule has 0 saturated carbocycles. The predicted octanol–water partition coefficient (Wildman–Crippen LogP) is 13.3. The zero-order valence-corrected chi connectivity index (χ0v) is 29.1. The Morgan fingerprint density at radius 1 is 0.407 bits per heavy atom. The second kappa shape index (κ2) is 12.1. The average Bonchev–Trinajstić information content (AvgIpc) is 3.79. The van der Waals surface area contributed by atoms with Crippen LogP contribution < -0.4 is 0 Å². The summed E-state index contributed by atoms with van der Waals surface area (Å²) in [5.41, 5.74) is 13.4. The third kappa shape index (κ3) is 4.78. The van der Waals surface area contributed by atoms with E-state index < -0.39 is 0 Å². The van der Waals surface area contributed by atoms with Gasteiger partial charge in [0.15, 0.2) is 11.4 Å². The van der Waals surface area contributed by atoms with E-state index in [-0.39, 0.29) is 0 Å². The van der Waals surface area contributed by atoms with Crippen LogP contribution in [0.25, 0.3) is 105 Å². The summed E-state index contributed by atoms with van der Waals surface area (Å²) in [4.78, 5) is 10.4. The van der Waals surface area contributed by atoms with Crippen LogP contribution in [-0.4, -0.2) is 14.5 Å². The van der Waals surface area contributed by atoms with Crippen molar-refractivity contribution in [2.45, 2.75) is 0 Å². The van der Waals surface area contributed by atoms with E-state index in [0.717, 1.165) is 66.4 Å². The summed E-state index contributed by atoms with van der Waals surface area (Å²) in [5, 5.41) is 5.43. The van der Waals surface area contributed by atoms with Gasteiger partial charge in [-0.2, -0.15) is 0 Å². The third-order valence-corrected chi connectivity index (χ3v) is 10.6. The first kappa shape index (κ1) is 30.3. The fourth-order valence-corrected chi connectivity index (χ4v) is 8.11. The van der Waals surface area contributed by atoms with E-state index in [1.807, 2.05) is 30.3 Å². The van der Waals surface area contributed by atoms with Crippen LogP contribution in [0.1, 0.15) is 0 Å². The Hall–Kier alpha value is -7.30. The number of para-hydroxylation sites is 2. The summed E-state index contributed by atoms with van der Waals surface area (Å²) in [7, 11) is 0. The number of nitrogens with zero attached hydrogens (tertiary/aromatic N) is 3. The maximum absolute atomic E-state index is 6.88. The third-order valence-electron chi connectivity index (χ3n) is 10.6. The topological polar surface area (TPSA) is 43.9 Å². The summed E-state index contributed by atoms with van der Waals surface area (Å²) in [5.74, 6) is 0.671.